The van der Waals surface area contributed by atoms with Crippen LogP contribution in [0, 0.1) is 5.82 Å². The first-order chi connectivity index (χ1) is 9.11. The molecule has 0 radical (unpaired) electrons. The molecular formula is C14H13Br2FN2. The van der Waals surface area contributed by atoms with E-state index in [1.807, 2.05) is 19.2 Å². The molecule has 1 heterocycles. The van der Waals surface area contributed by atoms with Crippen molar-refractivity contribution in [3.05, 3.63) is 62.5 Å². The van der Waals surface area contributed by atoms with Gasteiger partial charge in [-0.2, -0.15) is 0 Å². The van der Waals surface area contributed by atoms with Gasteiger partial charge in [-0.3, -0.25) is 4.98 Å². The Bertz CT molecular complexity index is 555. The van der Waals surface area contributed by atoms with Crippen LogP contribution in [0.1, 0.15) is 17.2 Å². The maximum atomic E-state index is 14.0. The molecule has 0 saturated carbocycles. The van der Waals surface area contributed by atoms with Crippen molar-refractivity contribution in [3.63, 3.8) is 0 Å². The van der Waals surface area contributed by atoms with Crippen molar-refractivity contribution in [3.8, 4) is 0 Å². The van der Waals surface area contributed by atoms with Gasteiger partial charge < -0.3 is 5.32 Å². The summed E-state index contributed by atoms with van der Waals surface area (Å²) in [7, 11) is 1.83. The Morgan fingerprint density at radius 3 is 2.74 bits per heavy atom. The van der Waals surface area contributed by atoms with E-state index in [1.54, 1.807) is 18.5 Å². The van der Waals surface area contributed by atoms with Gasteiger partial charge in [-0.25, -0.2) is 4.39 Å². The first kappa shape index (κ1) is 14.6. The molecule has 1 aromatic heterocycles. The largest absolute Gasteiger partial charge is 0.313 e. The van der Waals surface area contributed by atoms with E-state index in [0.717, 1.165) is 14.5 Å². The van der Waals surface area contributed by atoms with Gasteiger partial charge in [-0.1, -0.05) is 22.0 Å². The quantitative estimate of drug-likeness (QED) is 0.848. The van der Waals surface area contributed by atoms with Gasteiger partial charge in [-0.15, -0.1) is 0 Å². The van der Waals surface area contributed by atoms with Crippen LogP contribution in [-0.4, -0.2) is 12.0 Å². The fraction of sp³-hybridized carbons (Fsp3) is 0.214. The van der Waals surface area contributed by atoms with Crippen molar-refractivity contribution in [1.29, 1.82) is 0 Å². The molecule has 1 unspecified atom stereocenters. The number of nitrogens with one attached hydrogen (secondary N) is 1. The summed E-state index contributed by atoms with van der Waals surface area (Å²) in [5, 5.41) is 3.15. The van der Waals surface area contributed by atoms with Gasteiger partial charge in [0.05, 0.1) is 0 Å². The minimum absolute atomic E-state index is 0.105. The standard InChI is InChI=1S/C14H13Br2FN2/c1-18-13(6-9-5-10(15)8-19-7-9)14-11(16)3-2-4-12(14)17/h2-5,7-8,13,18H,6H2,1H3. The summed E-state index contributed by atoms with van der Waals surface area (Å²) in [5.74, 6) is -0.211. The molecule has 0 bridgehead atoms. The Morgan fingerprint density at radius 1 is 1.32 bits per heavy atom. The van der Waals surface area contributed by atoms with Crippen LogP contribution >= 0.6 is 31.9 Å². The molecule has 0 spiro atoms. The predicted molar refractivity (Wildman–Crippen MR) is 81.5 cm³/mol. The molecule has 2 nitrogen and oxygen atoms in total. The molecule has 2 rings (SSSR count). The zero-order valence-electron chi connectivity index (χ0n) is 10.3. The highest BCUT2D eigenvalue weighted by Gasteiger charge is 2.17. The predicted octanol–water partition coefficient (Wildman–Crippen LogP) is 4.25. The van der Waals surface area contributed by atoms with Crippen LogP contribution in [0.25, 0.3) is 0 Å². The Balaban J connectivity index is 2.30. The van der Waals surface area contributed by atoms with Crippen molar-refractivity contribution in [1.82, 2.24) is 10.3 Å². The molecule has 5 heteroatoms. The third kappa shape index (κ3) is 3.61. The zero-order chi connectivity index (χ0) is 13.8. The first-order valence-electron chi connectivity index (χ1n) is 5.82. The minimum Gasteiger partial charge on any atom is -0.313 e. The lowest BCUT2D eigenvalue weighted by Gasteiger charge is -2.19. The Kier molecular flexibility index (Phi) is 5.07. The van der Waals surface area contributed by atoms with Gasteiger partial charge in [0.1, 0.15) is 5.82 Å². The van der Waals surface area contributed by atoms with Crippen LogP contribution in [-0.2, 0) is 6.42 Å². The molecule has 0 saturated heterocycles. The number of benzene rings is 1. The summed E-state index contributed by atoms with van der Waals surface area (Å²) in [6.07, 6.45) is 4.20. The van der Waals surface area contributed by atoms with Crippen LogP contribution in [0.4, 0.5) is 4.39 Å². The number of pyridine rings is 1. The molecule has 0 aliphatic heterocycles. The normalized spacial score (nSPS) is 12.4. The average molecular weight is 388 g/mol. The molecule has 0 amide bonds. The van der Waals surface area contributed by atoms with Crippen LogP contribution in [0.5, 0.6) is 0 Å². The van der Waals surface area contributed by atoms with E-state index in [4.69, 9.17) is 0 Å². The monoisotopic (exact) mass is 386 g/mol. The van der Waals surface area contributed by atoms with Crippen LogP contribution in [0.3, 0.4) is 0 Å². The SMILES string of the molecule is CNC(Cc1cncc(Br)c1)c1c(F)cccc1Br. The van der Waals surface area contributed by atoms with Crippen molar-refractivity contribution in [2.24, 2.45) is 0 Å². The number of likely N-dealkylation sites (N-methyl/N-ethyl adjacent to an activating group) is 1. The van der Waals surface area contributed by atoms with Crippen molar-refractivity contribution in [2.45, 2.75) is 12.5 Å². The molecule has 100 valence electrons. The van der Waals surface area contributed by atoms with Crippen molar-refractivity contribution >= 4 is 31.9 Å². The van der Waals surface area contributed by atoms with Gasteiger partial charge in [-0.05, 0) is 53.2 Å². The molecule has 2 aromatic rings. The number of aromatic nitrogens is 1. The van der Waals surface area contributed by atoms with E-state index < -0.39 is 0 Å². The number of hydrogen-bond acceptors (Lipinski definition) is 2. The highest BCUT2D eigenvalue weighted by atomic mass is 79.9. The lowest BCUT2D eigenvalue weighted by atomic mass is 9.99. The van der Waals surface area contributed by atoms with E-state index in [2.05, 4.69) is 42.2 Å². The lowest BCUT2D eigenvalue weighted by Crippen LogP contribution is -2.20. The van der Waals surface area contributed by atoms with E-state index in [-0.39, 0.29) is 11.9 Å². The van der Waals surface area contributed by atoms with Gasteiger partial charge >= 0.3 is 0 Å². The minimum atomic E-state index is -0.211. The van der Waals surface area contributed by atoms with Gasteiger partial charge in [0.2, 0.25) is 0 Å². The number of halogens is 3. The second-order valence-electron chi connectivity index (χ2n) is 4.19. The van der Waals surface area contributed by atoms with Crippen LogP contribution in [0.15, 0.2) is 45.6 Å². The van der Waals surface area contributed by atoms with Crippen LogP contribution < -0.4 is 5.32 Å². The Labute approximate surface area is 128 Å². The van der Waals surface area contributed by atoms with Crippen molar-refractivity contribution < 1.29 is 4.39 Å². The summed E-state index contributed by atoms with van der Waals surface area (Å²) < 4.78 is 15.7. The third-order valence-corrected chi connectivity index (χ3v) is 4.02. The smallest absolute Gasteiger partial charge is 0.129 e. The Morgan fingerprint density at radius 2 is 2.11 bits per heavy atom. The van der Waals surface area contributed by atoms with Gasteiger partial charge in [0, 0.05) is 32.9 Å². The third-order valence-electron chi connectivity index (χ3n) is 2.90. The molecule has 0 aliphatic rings. The Hall–Kier alpha value is -0.780. The second kappa shape index (κ2) is 6.59. The molecule has 0 fully saturated rings. The van der Waals surface area contributed by atoms with Crippen LogP contribution in [0.2, 0.25) is 0 Å². The molecule has 19 heavy (non-hydrogen) atoms. The first-order valence-corrected chi connectivity index (χ1v) is 7.41. The van der Waals surface area contributed by atoms with E-state index >= 15 is 0 Å². The zero-order valence-corrected chi connectivity index (χ0v) is 13.5. The number of rotatable bonds is 4. The molecule has 1 aromatic carbocycles. The molecular weight excluding hydrogens is 375 g/mol. The van der Waals surface area contributed by atoms with E-state index in [1.165, 1.54) is 6.07 Å². The van der Waals surface area contributed by atoms with Gasteiger partial charge in [0.15, 0.2) is 0 Å². The summed E-state index contributed by atoms with van der Waals surface area (Å²) in [5.41, 5.74) is 1.69. The molecule has 1 N–H and O–H groups in total. The average Bonchev–Trinajstić information content (AvgIpc) is 2.37. The highest BCUT2D eigenvalue weighted by molar-refractivity contribution is 9.10. The lowest BCUT2D eigenvalue weighted by molar-refractivity contribution is 0.531. The van der Waals surface area contributed by atoms with E-state index in [0.29, 0.717) is 12.0 Å². The number of hydrogen-bond donors (Lipinski definition) is 1. The molecule has 0 aliphatic carbocycles. The van der Waals surface area contributed by atoms with E-state index in [9.17, 15) is 4.39 Å². The summed E-state index contributed by atoms with van der Waals surface area (Å²) >= 11 is 6.80. The maximum absolute atomic E-state index is 14.0. The van der Waals surface area contributed by atoms with Gasteiger partial charge in [0.25, 0.3) is 0 Å². The summed E-state index contributed by atoms with van der Waals surface area (Å²) in [4.78, 5) is 4.13. The second-order valence-corrected chi connectivity index (χ2v) is 5.96. The maximum Gasteiger partial charge on any atom is 0.129 e. The number of nitrogens with zero attached hydrogens (tertiary/aromatic N) is 1. The molecule has 1 atom stereocenters. The summed E-state index contributed by atoms with van der Waals surface area (Å²) in [6, 6.07) is 6.90. The fourth-order valence-electron chi connectivity index (χ4n) is 2.00. The topological polar surface area (TPSA) is 24.9 Å². The van der Waals surface area contributed by atoms with Crippen molar-refractivity contribution in [2.75, 3.05) is 7.05 Å². The highest BCUT2D eigenvalue weighted by Crippen LogP contribution is 2.28. The summed E-state index contributed by atoms with van der Waals surface area (Å²) in [6.45, 7) is 0. The fourth-order valence-corrected chi connectivity index (χ4v) is 3.03.